The molecule has 0 saturated heterocycles. The van der Waals surface area contributed by atoms with Gasteiger partial charge in [0.1, 0.15) is 5.82 Å². The van der Waals surface area contributed by atoms with Crippen molar-refractivity contribution in [3.63, 3.8) is 0 Å². The Bertz CT molecular complexity index is 688. The zero-order valence-corrected chi connectivity index (χ0v) is 12.6. The molecule has 1 unspecified atom stereocenters. The molecular formula is C15H16ClF3N2. The van der Waals surface area contributed by atoms with Crippen LogP contribution in [0.15, 0.2) is 18.2 Å². The third-order valence-corrected chi connectivity index (χ3v) is 4.63. The van der Waals surface area contributed by atoms with E-state index in [0.29, 0.717) is 22.7 Å². The Hall–Kier alpha value is -1.23. The summed E-state index contributed by atoms with van der Waals surface area (Å²) in [5, 5.41) is 0. The van der Waals surface area contributed by atoms with E-state index in [1.165, 1.54) is 6.07 Å². The van der Waals surface area contributed by atoms with Gasteiger partial charge in [-0.3, -0.25) is 0 Å². The lowest BCUT2D eigenvalue weighted by molar-refractivity contribution is -0.137. The average Bonchev–Trinajstić information content (AvgIpc) is 2.84. The van der Waals surface area contributed by atoms with Gasteiger partial charge < -0.3 is 4.57 Å². The molecule has 1 aromatic carbocycles. The van der Waals surface area contributed by atoms with Crippen LogP contribution in [0.25, 0.3) is 11.0 Å². The fourth-order valence-corrected chi connectivity index (χ4v) is 2.97. The highest BCUT2D eigenvalue weighted by molar-refractivity contribution is 6.16. The van der Waals surface area contributed by atoms with E-state index in [9.17, 15) is 13.2 Å². The molecule has 1 heterocycles. The van der Waals surface area contributed by atoms with Gasteiger partial charge in [-0.1, -0.05) is 13.8 Å². The van der Waals surface area contributed by atoms with Gasteiger partial charge in [0.15, 0.2) is 0 Å². The number of nitrogens with zero attached hydrogens (tertiary/aromatic N) is 2. The van der Waals surface area contributed by atoms with Crippen LogP contribution in [-0.2, 0) is 18.6 Å². The number of hydrogen-bond acceptors (Lipinski definition) is 1. The third-order valence-electron chi connectivity index (χ3n) is 4.39. The number of imidazole rings is 1. The first-order chi connectivity index (χ1) is 9.72. The first kappa shape index (κ1) is 14.7. The number of rotatable bonds is 3. The van der Waals surface area contributed by atoms with E-state index in [-0.39, 0.29) is 5.88 Å². The summed E-state index contributed by atoms with van der Waals surface area (Å²) in [7, 11) is 0. The Morgan fingerprint density at radius 3 is 2.57 bits per heavy atom. The summed E-state index contributed by atoms with van der Waals surface area (Å²) >= 11 is 5.90. The second-order valence-corrected chi connectivity index (χ2v) is 6.63. The number of aromatic nitrogens is 2. The fraction of sp³-hybridized carbons (Fsp3) is 0.533. The third kappa shape index (κ3) is 2.63. The predicted octanol–water partition coefficient (Wildman–Crippen LogP) is 4.84. The van der Waals surface area contributed by atoms with E-state index in [1.54, 1.807) is 0 Å². The first-order valence-electron chi connectivity index (χ1n) is 6.85. The van der Waals surface area contributed by atoms with E-state index < -0.39 is 11.7 Å². The summed E-state index contributed by atoms with van der Waals surface area (Å²) in [6.45, 7) is 5.15. The molecule has 0 amide bonds. The molecule has 1 saturated carbocycles. The van der Waals surface area contributed by atoms with Crippen LogP contribution < -0.4 is 0 Å². The Morgan fingerprint density at radius 2 is 2.05 bits per heavy atom. The van der Waals surface area contributed by atoms with Gasteiger partial charge in [0.2, 0.25) is 0 Å². The second-order valence-electron chi connectivity index (χ2n) is 6.36. The van der Waals surface area contributed by atoms with Gasteiger partial charge in [-0.25, -0.2) is 4.98 Å². The van der Waals surface area contributed by atoms with Crippen LogP contribution in [0.5, 0.6) is 0 Å². The maximum atomic E-state index is 12.8. The van der Waals surface area contributed by atoms with Crippen molar-refractivity contribution in [2.24, 2.45) is 11.3 Å². The lowest BCUT2D eigenvalue weighted by atomic mass is 10.1. The molecule has 114 valence electrons. The smallest absolute Gasteiger partial charge is 0.327 e. The SMILES string of the molecule is CC1(C)CC1Cn1c(CCl)nc2cc(C(F)(F)F)ccc21. The van der Waals surface area contributed by atoms with E-state index in [1.807, 2.05) is 4.57 Å². The molecule has 6 heteroatoms. The molecule has 2 aromatic rings. The number of alkyl halides is 4. The Labute approximate surface area is 125 Å². The summed E-state index contributed by atoms with van der Waals surface area (Å²) < 4.78 is 40.3. The molecule has 21 heavy (non-hydrogen) atoms. The molecular weight excluding hydrogens is 301 g/mol. The molecule has 1 fully saturated rings. The first-order valence-corrected chi connectivity index (χ1v) is 7.38. The molecule has 1 aliphatic carbocycles. The van der Waals surface area contributed by atoms with Crippen molar-refractivity contribution in [3.05, 3.63) is 29.6 Å². The number of hydrogen-bond donors (Lipinski definition) is 0. The minimum absolute atomic E-state index is 0.198. The minimum Gasteiger partial charge on any atom is -0.327 e. The molecule has 1 aliphatic rings. The normalized spacial score (nSPS) is 21.0. The second kappa shape index (κ2) is 4.63. The molecule has 0 bridgehead atoms. The van der Waals surface area contributed by atoms with Crippen LogP contribution in [0.3, 0.4) is 0 Å². The Kier molecular flexibility index (Phi) is 3.24. The monoisotopic (exact) mass is 316 g/mol. The summed E-state index contributed by atoms with van der Waals surface area (Å²) in [6.07, 6.45) is -3.23. The van der Waals surface area contributed by atoms with Crippen LogP contribution >= 0.6 is 11.6 Å². The standard InChI is InChI=1S/C15H16ClF3N2/c1-14(2)6-10(14)8-21-12-4-3-9(15(17,18)19)5-11(12)20-13(21)7-16/h3-5,10H,6-8H2,1-2H3. The van der Waals surface area contributed by atoms with Crippen molar-refractivity contribution in [2.45, 2.75) is 38.9 Å². The van der Waals surface area contributed by atoms with E-state index >= 15 is 0 Å². The van der Waals surface area contributed by atoms with Gasteiger partial charge in [-0.05, 0) is 36.0 Å². The van der Waals surface area contributed by atoms with Crippen LogP contribution in [-0.4, -0.2) is 9.55 Å². The molecule has 0 aliphatic heterocycles. The molecule has 3 rings (SSSR count). The maximum absolute atomic E-state index is 12.8. The van der Waals surface area contributed by atoms with Gasteiger partial charge >= 0.3 is 6.18 Å². The molecule has 2 nitrogen and oxygen atoms in total. The highest BCUT2D eigenvalue weighted by Gasteiger charge is 2.45. The summed E-state index contributed by atoms with van der Waals surface area (Å²) in [5.41, 5.74) is 0.708. The summed E-state index contributed by atoms with van der Waals surface area (Å²) in [6, 6.07) is 3.70. The zero-order valence-electron chi connectivity index (χ0n) is 11.8. The van der Waals surface area contributed by atoms with E-state index in [2.05, 4.69) is 18.8 Å². The fourth-order valence-electron chi connectivity index (χ4n) is 2.77. The van der Waals surface area contributed by atoms with Gasteiger partial charge in [0.05, 0.1) is 22.5 Å². The highest BCUT2D eigenvalue weighted by atomic mass is 35.5. The van der Waals surface area contributed by atoms with Gasteiger partial charge in [0.25, 0.3) is 0 Å². The van der Waals surface area contributed by atoms with Crippen molar-refractivity contribution in [3.8, 4) is 0 Å². The summed E-state index contributed by atoms with van der Waals surface area (Å²) in [4.78, 5) is 4.26. The number of fused-ring (bicyclic) bond motifs is 1. The largest absolute Gasteiger partial charge is 0.416 e. The molecule has 1 aromatic heterocycles. The minimum atomic E-state index is -4.35. The molecule has 0 radical (unpaired) electrons. The lowest BCUT2D eigenvalue weighted by Crippen LogP contribution is -2.07. The molecule has 0 N–H and O–H groups in total. The number of benzene rings is 1. The van der Waals surface area contributed by atoms with Crippen LogP contribution in [0.2, 0.25) is 0 Å². The Balaban J connectivity index is 2.03. The van der Waals surface area contributed by atoms with Crippen molar-refractivity contribution in [1.82, 2.24) is 9.55 Å². The van der Waals surface area contributed by atoms with Crippen molar-refractivity contribution in [1.29, 1.82) is 0 Å². The molecule has 0 spiro atoms. The topological polar surface area (TPSA) is 17.8 Å². The highest BCUT2D eigenvalue weighted by Crippen LogP contribution is 2.52. The van der Waals surface area contributed by atoms with Gasteiger partial charge in [0, 0.05) is 6.54 Å². The lowest BCUT2D eigenvalue weighted by Gasteiger charge is -2.10. The maximum Gasteiger partial charge on any atom is 0.416 e. The van der Waals surface area contributed by atoms with Crippen molar-refractivity contribution in [2.75, 3.05) is 0 Å². The van der Waals surface area contributed by atoms with Gasteiger partial charge in [-0.15, -0.1) is 11.6 Å². The Morgan fingerprint density at radius 1 is 1.38 bits per heavy atom. The molecule has 1 atom stereocenters. The predicted molar refractivity (Wildman–Crippen MR) is 76.2 cm³/mol. The van der Waals surface area contributed by atoms with E-state index in [0.717, 1.165) is 30.6 Å². The van der Waals surface area contributed by atoms with Crippen LogP contribution in [0, 0.1) is 11.3 Å². The van der Waals surface area contributed by atoms with Crippen molar-refractivity contribution < 1.29 is 13.2 Å². The van der Waals surface area contributed by atoms with Crippen LogP contribution in [0.1, 0.15) is 31.7 Å². The quantitative estimate of drug-likeness (QED) is 0.741. The number of halogens is 4. The average molecular weight is 317 g/mol. The van der Waals surface area contributed by atoms with E-state index in [4.69, 9.17) is 11.6 Å². The summed E-state index contributed by atoms with van der Waals surface area (Å²) in [5.74, 6) is 1.36. The zero-order chi connectivity index (χ0) is 15.4. The van der Waals surface area contributed by atoms with Crippen LogP contribution in [0.4, 0.5) is 13.2 Å². The van der Waals surface area contributed by atoms with Crippen molar-refractivity contribution >= 4 is 22.6 Å². The van der Waals surface area contributed by atoms with Gasteiger partial charge in [-0.2, -0.15) is 13.2 Å².